The van der Waals surface area contributed by atoms with Crippen LogP contribution in [0.5, 0.6) is 0 Å². The van der Waals surface area contributed by atoms with Gasteiger partial charge in [0.1, 0.15) is 0 Å². The number of hydrogen-bond donors (Lipinski definition) is 2. The lowest BCUT2D eigenvalue weighted by molar-refractivity contribution is -0.176. The van der Waals surface area contributed by atoms with Gasteiger partial charge < -0.3 is 15.4 Å². The zero-order chi connectivity index (χ0) is 17.4. The van der Waals surface area contributed by atoms with Crippen LogP contribution in [0, 0.1) is 5.41 Å². The SMILES string of the molecule is CN=C(NC1CCN(C2CCCC2)C1)NC1CC(C)(OC)C1(C)C. The molecule has 0 aromatic carbocycles. The first-order valence-electron chi connectivity index (χ1n) is 9.68. The minimum absolute atomic E-state index is 0.0455. The Morgan fingerprint density at radius 2 is 1.83 bits per heavy atom. The number of guanidine groups is 1. The Hall–Kier alpha value is -0.810. The summed E-state index contributed by atoms with van der Waals surface area (Å²) in [5.74, 6) is 0.949. The number of nitrogens with zero attached hydrogens (tertiary/aromatic N) is 2. The number of ether oxygens (including phenoxy) is 1. The topological polar surface area (TPSA) is 48.9 Å². The van der Waals surface area contributed by atoms with Crippen molar-refractivity contribution in [3.8, 4) is 0 Å². The Labute approximate surface area is 147 Å². The van der Waals surface area contributed by atoms with Gasteiger partial charge in [-0.3, -0.25) is 9.89 Å². The lowest BCUT2D eigenvalue weighted by Crippen LogP contribution is -2.69. The predicted octanol–water partition coefficient (Wildman–Crippen LogP) is 2.37. The summed E-state index contributed by atoms with van der Waals surface area (Å²) in [4.78, 5) is 7.16. The zero-order valence-corrected chi connectivity index (χ0v) is 16.2. The average molecular weight is 337 g/mol. The van der Waals surface area contributed by atoms with Crippen LogP contribution < -0.4 is 10.6 Å². The molecule has 1 aliphatic heterocycles. The van der Waals surface area contributed by atoms with Gasteiger partial charge in [0.2, 0.25) is 0 Å². The molecule has 138 valence electrons. The van der Waals surface area contributed by atoms with E-state index in [4.69, 9.17) is 4.74 Å². The Bertz CT molecular complexity index is 472. The van der Waals surface area contributed by atoms with Crippen molar-refractivity contribution >= 4 is 5.96 Å². The minimum Gasteiger partial charge on any atom is -0.378 e. The van der Waals surface area contributed by atoms with Crippen molar-refractivity contribution in [3.63, 3.8) is 0 Å². The van der Waals surface area contributed by atoms with Crippen molar-refractivity contribution < 1.29 is 4.74 Å². The second-order valence-electron chi connectivity index (χ2n) is 8.69. The van der Waals surface area contributed by atoms with E-state index in [-0.39, 0.29) is 11.0 Å². The van der Waals surface area contributed by atoms with Gasteiger partial charge in [0.05, 0.1) is 5.60 Å². The minimum atomic E-state index is -0.0455. The predicted molar refractivity (Wildman–Crippen MR) is 99.5 cm³/mol. The van der Waals surface area contributed by atoms with E-state index in [0.717, 1.165) is 25.0 Å². The second kappa shape index (κ2) is 6.83. The summed E-state index contributed by atoms with van der Waals surface area (Å²) >= 11 is 0. The molecule has 1 heterocycles. The second-order valence-corrected chi connectivity index (χ2v) is 8.69. The number of likely N-dealkylation sites (tertiary alicyclic amines) is 1. The third-order valence-corrected chi connectivity index (χ3v) is 7.21. The van der Waals surface area contributed by atoms with Crippen LogP contribution in [0.3, 0.4) is 0 Å². The average Bonchev–Trinajstić information content (AvgIpc) is 3.24. The van der Waals surface area contributed by atoms with E-state index in [2.05, 4.69) is 41.3 Å². The molecule has 0 amide bonds. The van der Waals surface area contributed by atoms with Crippen LogP contribution in [0.4, 0.5) is 0 Å². The van der Waals surface area contributed by atoms with Crippen LogP contribution in [0.1, 0.15) is 59.3 Å². The van der Waals surface area contributed by atoms with E-state index in [9.17, 15) is 0 Å². The van der Waals surface area contributed by atoms with Crippen molar-refractivity contribution in [2.45, 2.75) is 83.0 Å². The molecule has 2 saturated carbocycles. The maximum atomic E-state index is 5.73. The third kappa shape index (κ3) is 3.17. The van der Waals surface area contributed by atoms with Gasteiger partial charge in [-0.2, -0.15) is 0 Å². The summed E-state index contributed by atoms with van der Waals surface area (Å²) in [5, 5.41) is 7.29. The van der Waals surface area contributed by atoms with Gasteiger partial charge in [-0.05, 0) is 32.6 Å². The van der Waals surface area contributed by atoms with Gasteiger partial charge in [0.15, 0.2) is 5.96 Å². The Balaban J connectivity index is 1.50. The van der Waals surface area contributed by atoms with Crippen LogP contribution >= 0.6 is 0 Å². The van der Waals surface area contributed by atoms with E-state index in [1.807, 2.05) is 14.2 Å². The van der Waals surface area contributed by atoms with Crippen LogP contribution in [-0.2, 0) is 4.74 Å². The standard InChI is InChI=1S/C19H36N4O/c1-18(2)16(12-19(18,3)24-5)22-17(20-4)21-14-10-11-23(13-14)15-8-6-7-9-15/h14-16H,6-13H2,1-5H3,(H2,20,21,22). The van der Waals surface area contributed by atoms with Crippen molar-refractivity contribution in [1.29, 1.82) is 0 Å². The maximum Gasteiger partial charge on any atom is 0.191 e. The van der Waals surface area contributed by atoms with Gasteiger partial charge in [-0.15, -0.1) is 0 Å². The highest BCUT2D eigenvalue weighted by Crippen LogP contribution is 2.51. The van der Waals surface area contributed by atoms with Gasteiger partial charge in [-0.1, -0.05) is 26.7 Å². The molecular weight excluding hydrogens is 300 g/mol. The molecule has 3 fully saturated rings. The Morgan fingerprint density at radius 3 is 2.42 bits per heavy atom. The quantitative estimate of drug-likeness (QED) is 0.611. The van der Waals surface area contributed by atoms with Crippen LogP contribution in [0.25, 0.3) is 0 Å². The molecular formula is C19H36N4O. The Kier molecular flexibility index (Phi) is 5.12. The normalized spacial score (nSPS) is 37.5. The smallest absolute Gasteiger partial charge is 0.191 e. The molecule has 0 spiro atoms. The number of rotatable bonds is 4. The van der Waals surface area contributed by atoms with E-state index >= 15 is 0 Å². The monoisotopic (exact) mass is 336 g/mol. The van der Waals surface area contributed by atoms with E-state index in [0.29, 0.717) is 12.1 Å². The fourth-order valence-corrected chi connectivity index (χ4v) is 4.76. The molecule has 3 unspecified atom stereocenters. The molecule has 0 aromatic rings. The molecule has 24 heavy (non-hydrogen) atoms. The number of hydrogen-bond acceptors (Lipinski definition) is 3. The zero-order valence-electron chi connectivity index (χ0n) is 16.2. The number of aliphatic imine (C=N–C) groups is 1. The molecule has 3 aliphatic rings. The van der Waals surface area contributed by atoms with Crippen LogP contribution in [-0.4, -0.2) is 61.8 Å². The molecule has 1 saturated heterocycles. The molecule has 0 aromatic heterocycles. The molecule has 2 aliphatic carbocycles. The lowest BCUT2D eigenvalue weighted by atomic mass is 9.56. The first-order valence-corrected chi connectivity index (χ1v) is 9.68. The van der Waals surface area contributed by atoms with E-state index in [1.54, 1.807) is 0 Å². The van der Waals surface area contributed by atoms with Crippen molar-refractivity contribution in [1.82, 2.24) is 15.5 Å². The number of methoxy groups -OCH3 is 1. The summed E-state index contributed by atoms with van der Waals surface area (Å²) in [6, 6.07) is 1.76. The third-order valence-electron chi connectivity index (χ3n) is 7.21. The van der Waals surface area contributed by atoms with E-state index < -0.39 is 0 Å². The van der Waals surface area contributed by atoms with Crippen molar-refractivity contribution in [2.75, 3.05) is 27.2 Å². The number of nitrogens with one attached hydrogen (secondary N) is 2. The van der Waals surface area contributed by atoms with Crippen molar-refractivity contribution in [3.05, 3.63) is 0 Å². The van der Waals surface area contributed by atoms with Gasteiger partial charge in [0, 0.05) is 50.8 Å². The highest BCUT2D eigenvalue weighted by molar-refractivity contribution is 5.80. The maximum absolute atomic E-state index is 5.73. The highest BCUT2D eigenvalue weighted by atomic mass is 16.5. The first-order chi connectivity index (χ1) is 11.4. The largest absolute Gasteiger partial charge is 0.378 e. The van der Waals surface area contributed by atoms with Crippen LogP contribution in [0.2, 0.25) is 0 Å². The summed E-state index contributed by atoms with van der Waals surface area (Å²) < 4.78 is 5.73. The van der Waals surface area contributed by atoms with Crippen molar-refractivity contribution in [2.24, 2.45) is 10.4 Å². The summed E-state index contributed by atoms with van der Waals surface area (Å²) in [6.07, 6.45) is 7.86. The first kappa shape index (κ1) is 18.0. The van der Waals surface area contributed by atoms with E-state index in [1.165, 1.54) is 38.6 Å². The lowest BCUT2D eigenvalue weighted by Gasteiger charge is -2.59. The van der Waals surface area contributed by atoms with Gasteiger partial charge in [0.25, 0.3) is 0 Å². The molecule has 5 heteroatoms. The molecule has 3 rings (SSSR count). The van der Waals surface area contributed by atoms with Crippen LogP contribution in [0.15, 0.2) is 4.99 Å². The summed E-state index contributed by atoms with van der Waals surface area (Å²) in [5.41, 5.74) is 0.0566. The van der Waals surface area contributed by atoms with Gasteiger partial charge >= 0.3 is 0 Å². The molecule has 0 bridgehead atoms. The Morgan fingerprint density at radius 1 is 1.12 bits per heavy atom. The summed E-state index contributed by atoms with van der Waals surface area (Å²) in [6.45, 7) is 9.16. The summed E-state index contributed by atoms with van der Waals surface area (Å²) in [7, 11) is 3.70. The fraction of sp³-hybridized carbons (Fsp3) is 0.947. The molecule has 0 radical (unpaired) electrons. The molecule has 2 N–H and O–H groups in total. The molecule has 5 nitrogen and oxygen atoms in total. The molecule has 3 atom stereocenters. The fourth-order valence-electron chi connectivity index (χ4n) is 4.76. The highest BCUT2D eigenvalue weighted by Gasteiger charge is 2.58. The van der Waals surface area contributed by atoms with Gasteiger partial charge in [-0.25, -0.2) is 0 Å².